The molecular weight excluding hydrogens is 266 g/mol. The number of hydrogen-bond acceptors (Lipinski definition) is 5. The second-order valence-electron chi connectivity index (χ2n) is 5.79. The van der Waals surface area contributed by atoms with E-state index < -0.39 is 0 Å². The van der Waals surface area contributed by atoms with Crippen molar-refractivity contribution in [1.82, 2.24) is 15.2 Å². The molecule has 21 heavy (non-hydrogen) atoms. The van der Waals surface area contributed by atoms with Crippen molar-refractivity contribution in [3.05, 3.63) is 23.0 Å². The van der Waals surface area contributed by atoms with E-state index in [-0.39, 0.29) is 12.4 Å². The number of nitrogens with zero attached hydrogens (tertiary/aromatic N) is 2. The van der Waals surface area contributed by atoms with Crippen LogP contribution in [0.4, 0.5) is 0 Å². The number of aliphatic hydroxyl groups is 1. The van der Waals surface area contributed by atoms with Gasteiger partial charge < -0.3 is 20.4 Å². The van der Waals surface area contributed by atoms with E-state index in [0.29, 0.717) is 17.8 Å². The van der Waals surface area contributed by atoms with Crippen LogP contribution in [0, 0.1) is 6.92 Å². The summed E-state index contributed by atoms with van der Waals surface area (Å²) in [4.78, 5) is 6.60. The largest absolute Gasteiger partial charge is 0.506 e. The summed E-state index contributed by atoms with van der Waals surface area (Å²) in [6.45, 7) is 6.79. The van der Waals surface area contributed by atoms with Crippen LogP contribution in [-0.2, 0) is 13.2 Å². The highest BCUT2D eigenvalue weighted by molar-refractivity contribution is 5.40. The van der Waals surface area contributed by atoms with E-state index in [0.717, 1.165) is 25.1 Å². The molecule has 0 atom stereocenters. The lowest BCUT2D eigenvalue weighted by molar-refractivity contribution is 0.225. The van der Waals surface area contributed by atoms with E-state index >= 15 is 0 Å². The normalized spacial score (nSPS) is 16.3. The second-order valence-corrected chi connectivity index (χ2v) is 5.79. The molecule has 0 aliphatic carbocycles. The molecule has 1 aromatic rings. The molecule has 2 heterocycles. The lowest BCUT2D eigenvalue weighted by Crippen LogP contribution is -2.32. The third kappa shape index (κ3) is 4.66. The minimum absolute atomic E-state index is 0.0916. The molecule has 0 spiro atoms. The van der Waals surface area contributed by atoms with Crippen molar-refractivity contribution in [2.45, 2.75) is 45.8 Å². The topological polar surface area (TPSA) is 68.6 Å². The van der Waals surface area contributed by atoms with E-state index in [1.54, 1.807) is 13.1 Å². The maximum Gasteiger partial charge on any atom is 0.141 e. The first-order chi connectivity index (χ1) is 10.2. The molecule has 5 heteroatoms. The molecule has 1 fully saturated rings. The second kappa shape index (κ2) is 8.32. The molecule has 0 amide bonds. The van der Waals surface area contributed by atoms with Crippen molar-refractivity contribution >= 4 is 0 Å². The summed E-state index contributed by atoms with van der Waals surface area (Å²) in [7, 11) is 0. The number of hydrogen-bond donors (Lipinski definition) is 3. The minimum atomic E-state index is -0.0916. The molecule has 1 aromatic heterocycles. The summed E-state index contributed by atoms with van der Waals surface area (Å²) in [5.74, 6) is 0.199. The Morgan fingerprint density at radius 3 is 2.76 bits per heavy atom. The molecule has 0 saturated carbocycles. The first-order valence-corrected chi connectivity index (χ1v) is 7.92. The van der Waals surface area contributed by atoms with Crippen LogP contribution in [0.2, 0.25) is 0 Å². The number of aromatic hydroxyl groups is 1. The molecule has 0 bridgehead atoms. The fourth-order valence-electron chi connectivity index (χ4n) is 2.84. The zero-order chi connectivity index (χ0) is 15.1. The summed E-state index contributed by atoms with van der Waals surface area (Å²) in [5.41, 5.74) is 2.07. The summed E-state index contributed by atoms with van der Waals surface area (Å²) in [6, 6.07) is 0. The van der Waals surface area contributed by atoms with Crippen molar-refractivity contribution in [2.24, 2.45) is 0 Å². The van der Waals surface area contributed by atoms with E-state index in [4.69, 9.17) is 0 Å². The van der Waals surface area contributed by atoms with Gasteiger partial charge in [0.15, 0.2) is 0 Å². The van der Waals surface area contributed by atoms with Crippen molar-refractivity contribution in [3.63, 3.8) is 0 Å². The Kier molecular flexibility index (Phi) is 6.42. The maximum atomic E-state index is 10.0. The Morgan fingerprint density at radius 1 is 1.29 bits per heavy atom. The Morgan fingerprint density at radius 2 is 2.05 bits per heavy atom. The third-order valence-electron chi connectivity index (χ3n) is 4.18. The average Bonchev–Trinajstić information content (AvgIpc) is 2.52. The van der Waals surface area contributed by atoms with Gasteiger partial charge >= 0.3 is 0 Å². The maximum absolute atomic E-state index is 10.0. The van der Waals surface area contributed by atoms with Crippen molar-refractivity contribution in [3.8, 4) is 5.75 Å². The van der Waals surface area contributed by atoms with E-state index in [1.807, 2.05) is 0 Å². The summed E-state index contributed by atoms with van der Waals surface area (Å²) < 4.78 is 0. The molecule has 1 saturated heterocycles. The van der Waals surface area contributed by atoms with E-state index in [2.05, 4.69) is 15.2 Å². The van der Waals surface area contributed by atoms with Gasteiger partial charge in [-0.1, -0.05) is 6.42 Å². The molecule has 1 aliphatic rings. The molecular formula is C16H27N3O2. The van der Waals surface area contributed by atoms with Crippen LogP contribution in [0.3, 0.4) is 0 Å². The Bertz CT molecular complexity index is 445. The fraction of sp³-hybridized carbons (Fsp3) is 0.688. The van der Waals surface area contributed by atoms with Gasteiger partial charge in [-0.25, -0.2) is 0 Å². The van der Waals surface area contributed by atoms with Crippen LogP contribution in [-0.4, -0.2) is 46.3 Å². The van der Waals surface area contributed by atoms with E-state index in [9.17, 15) is 10.2 Å². The number of piperidine rings is 1. The SMILES string of the molecule is Cc1ncc(CO)c(CNCCCN2CCCCC2)c1O. The number of aromatic nitrogens is 1. The Balaban J connectivity index is 1.74. The minimum Gasteiger partial charge on any atom is -0.506 e. The molecule has 118 valence electrons. The van der Waals surface area contributed by atoms with E-state index in [1.165, 1.54) is 32.4 Å². The molecule has 2 rings (SSSR count). The number of nitrogens with one attached hydrogen (secondary N) is 1. The lowest BCUT2D eigenvalue weighted by Gasteiger charge is -2.26. The van der Waals surface area contributed by atoms with Gasteiger partial charge in [0.25, 0.3) is 0 Å². The van der Waals surface area contributed by atoms with Crippen LogP contribution < -0.4 is 5.32 Å². The summed E-state index contributed by atoms with van der Waals surface area (Å²) in [5, 5.41) is 22.7. The van der Waals surface area contributed by atoms with Crippen LogP contribution >= 0.6 is 0 Å². The zero-order valence-electron chi connectivity index (χ0n) is 12.9. The van der Waals surface area contributed by atoms with Crippen LogP contribution in [0.25, 0.3) is 0 Å². The van der Waals surface area contributed by atoms with Crippen molar-refractivity contribution < 1.29 is 10.2 Å². The molecule has 3 N–H and O–H groups in total. The quantitative estimate of drug-likeness (QED) is 0.666. The third-order valence-corrected chi connectivity index (χ3v) is 4.18. The molecule has 5 nitrogen and oxygen atoms in total. The first kappa shape index (κ1) is 16.2. The highest BCUT2D eigenvalue weighted by atomic mass is 16.3. The van der Waals surface area contributed by atoms with Gasteiger partial charge in [-0.15, -0.1) is 0 Å². The highest BCUT2D eigenvalue weighted by Crippen LogP contribution is 2.23. The molecule has 0 unspecified atom stereocenters. The van der Waals surface area contributed by atoms with Crippen LogP contribution in [0.5, 0.6) is 5.75 Å². The van der Waals surface area contributed by atoms with Gasteiger partial charge in [-0.05, 0) is 52.4 Å². The van der Waals surface area contributed by atoms with Gasteiger partial charge in [0.1, 0.15) is 5.75 Å². The van der Waals surface area contributed by atoms with Crippen LogP contribution in [0.15, 0.2) is 6.20 Å². The fourth-order valence-corrected chi connectivity index (χ4v) is 2.84. The summed E-state index contributed by atoms with van der Waals surface area (Å²) >= 11 is 0. The number of rotatable bonds is 7. The van der Waals surface area contributed by atoms with Crippen molar-refractivity contribution in [1.29, 1.82) is 0 Å². The smallest absolute Gasteiger partial charge is 0.141 e. The van der Waals surface area contributed by atoms with Gasteiger partial charge in [-0.2, -0.15) is 0 Å². The molecule has 0 aromatic carbocycles. The highest BCUT2D eigenvalue weighted by Gasteiger charge is 2.11. The number of pyridine rings is 1. The first-order valence-electron chi connectivity index (χ1n) is 7.92. The monoisotopic (exact) mass is 293 g/mol. The average molecular weight is 293 g/mol. The number of likely N-dealkylation sites (tertiary alicyclic amines) is 1. The molecule has 1 aliphatic heterocycles. The zero-order valence-corrected chi connectivity index (χ0v) is 12.9. The lowest BCUT2D eigenvalue weighted by atomic mass is 10.1. The van der Waals surface area contributed by atoms with Crippen molar-refractivity contribution in [2.75, 3.05) is 26.2 Å². The Hall–Kier alpha value is -1.17. The number of aliphatic hydroxyl groups excluding tert-OH is 1. The number of aryl methyl sites for hydroxylation is 1. The standard InChI is InChI=1S/C16H27N3O2/c1-13-16(21)15(14(12-20)10-18-13)11-17-6-5-9-19-7-3-2-4-8-19/h10,17,20-21H,2-9,11-12H2,1H3. The Labute approximate surface area is 127 Å². The van der Waals surface area contributed by atoms with Gasteiger partial charge in [-0.3, -0.25) is 4.98 Å². The summed E-state index contributed by atoms with van der Waals surface area (Å²) in [6.07, 6.45) is 6.79. The predicted molar refractivity (Wildman–Crippen MR) is 83.2 cm³/mol. The van der Waals surface area contributed by atoms with Crippen LogP contribution in [0.1, 0.15) is 42.5 Å². The van der Waals surface area contributed by atoms with Gasteiger partial charge in [0.05, 0.1) is 12.3 Å². The predicted octanol–water partition coefficient (Wildman–Crippen LogP) is 1.55. The molecule has 0 radical (unpaired) electrons. The van der Waals surface area contributed by atoms with Gasteiger partial charge in [0.2, 0.25) is 0 Å². The van der Waals surface area contributed by atoms with Gasteiger partial charge in [0, 0.05) is 23.9 Å².